The Kier molecular flexibility index (Phi) is 3.78. The van der Waals surface area contributed by atoms with E-state index in [1.807, 2.05) is 0 Å². The van der Waals surface area contributed by atoms with E-state index in [1.165, 1.54) is 0 Å². The van der Waals surface area contributed by atoms with E-state index in [1.54, 1.807) is 0 Å². The molecule has 0 aromatic carbocycles. The van der Waals surface area contributed by atoms with E-state index in [4.69, 9.17) is 0 Å². The second-order valence-corrected chi connectivity index (χ2v) is 3.67. The summed E-state index contributed by atoms with van der Waals surface area (Å²) in [5.41, 5.74) is 0. The number of hydrogen-bond acceptors (Lipinski definition) is 1. The van der Waals surface area contributed by atoms with Crippen LogP contribution in [0.15, 0.2) is 0 Å². The van der Waals surface area contributed by atoms with Gasteiger partial charge in [0.1, 0.15) is 0 Å². The van der Waals surface area contributed by atoms with Gasteiger partial charge in [0.15, 0.2) is 4.83 Å². The van der Waals surface area contributed by atoms with E-state index in [0.717, 1.165) is 7.11 Å². The summed E-state index contributed by atoms with van der Waals surface area (Å²) in [5.74, 6) is 0. The third-order valence-electron chi connectivity index (χ3n) is 0.855. The highest BCUT2D eigenvalue weighted by molar-refractivity contribution is 9.12. The van der Waals surface area contributed by atoms with E-state index in [2.05, 4.69) is 36.6 Å². The van der Waals surface area contributed by atoms with Gasteiger partial charge in [-0.25, -0.2) is 0 Å². The summed E-state index contributed by atoms with van der Waals surface area (Å²) in [6, 6.07) is 0. The molecule has 0 aliphatic rings. The number of alkyl halides is 6. The Hall–Kier alpha value is 0.640. The van der Waals surface area contributed by atoms with Gasteiger partial charge >= 0.3 is 6.18 Å². The fourth-order valence-corrected chi connectivity index (χ4v) is 0.740. The molecular weight excluding hydrogens is 300 g/mol. The fourth-order valence-electron chi connectivity index (χ4n) is 0.294. The maximum atomic E-state index is 12.6. The molecule has 0 heterocycles. The van der Waals surface area contributed by atoms with Gasteiger partial charge in [0, 0.05) is 7.11 Å². The van der Waals surface area contributed by atoms with Gasteiger partial charge in [-0.05, 0) is 15.9 Å². The van der Waals surface area contributed by atoms with Crippen molar-refractivity contribution in [1.29, 1.82) is 0 Å². The zero-order valence-corrected chi connectivity index (χ0v) is 8.43. The second-order valence-electron chi connectivity index (χ2n) is 1.67. The van der Waals surface area contributed by atoms with Crippen LogP contribution >= 0.6 is 31.9 Å². The topological polar surface area (TPSA) is 9.23 Å². The molecule has 0 fully saturated rings. The number of halogens is 6. The van der Waals surface area contributed by atoms with Crippen LogP contribution in [0.3, 0.4) is 0 Å². The number of methoxy groups -OCH3 is 1. The standard InChI is InChI=1S/C4H4Br2F4O/c1-11-3(6,7)2(5)4(8,9)10/h2H,1H3. The predicted molar refractivity (Wildman–Crippen MR) is 38.5 cm³/mol. The number of ether oxygens (including phenoxy) is 1. The summed E-state index contributed by atoms with van der Waals surface area (Å²) >= 11 is 4.23. The zero-order chi connectivity index (χ0) is 9.28. The molecule has 7 heteroatoms. The molecule has 0 bridgehead atoms. The van der Waals surface area contributed by atoms with Gasteiger partial charge in [-0.1, -0.05) is 15.9 Å². The molecule has 2 atom stereocenters. The molecule has 2 unspecified atom stereocenters. The molecule has 0 aliphatic carbocycles. The number of hydrogen-bond donors (Lipinski definition) is 0. The zero-order valence-electron chi connectivity index (χ0n) is 5.25. The van der Waals surface area contributed by atoms with Crippen LogP contribution in [0.4, 0.5) is 17.6 Å². The normalized spacial score (nSPS) is 21.0. The van der Waals surface area contributed by atoms with Gasteiger partial charge in [-0.2, -0.15) is 17.6 Å². The summed E-state index contributed by atoms with van der Waals surface area (Å²) in [5, 5.41) is 0. The summed E-state index contributed by atoms with van der Waals surface area (Å²) in [7, 11) is 0.828. The molecule has 0 aromatic heterocycles. The average molecular weight is 304 g/mol. The number of rotatable bonds is 2. The minimum atomic E-state index is -4.69. The molecule has 1 nitrogen and oxygen atoms in total. The van der Waals surface area contributed by atoms with E-state index >= 15 is 0 Å². The first kappa shape index (κ1) is 11.6. The van der Waals surface area contributed by atoms with E-state index in [-0.39, 0.29) is 0 Å². The minimum Gasteiger partial charge on any atom is -0.340 e. The van der Waals surface area contributed by atoms with Gasteiger partial charge in [-0.3, -0.25) is 0 Å². The molecule has 0 spiro atoms. The van der Waals surface area contributed by atoms with Crippen molar-refractivity contribution in [3.8, 4) is 0 Å². The first-order valence-corrected chi connectivity index (χ1v) is 4.06. The molecular formula is C4H4Br2F4O. The van der Waals surface area contributed by atoms with Crippen molar-refractivity contribution in [3.63, 3.8) is 0 Å². The molecule has 68 valence electrons. The maximum absolute atomic E-state index is 12.6. The highest BCUT2D eigenvalue weighted by Gasteiger charge is 2.52. The Morgan fingerprint density at radius 2 is 1.64 bits per heavy atom. The molecule has 0 saturated heterocycles. The molecule has 0 radical (unpaired) electrons. The monoisotopic (exact) mass is 302 g/mol. The lowest BCUT2D eigenvalue weighted by atomic mass is 10.4. The summed E-state index contributed by atoms with van der Waals surface area (Å²) in [6.07, 6.45) is -4.69. The lowest BCUT2D eigenvalue weighted by Crippen LogP contribution is -2.40. The molecule has 11 heavy (non-hydrogen) atoms. The maximum Gasteiger partial charge on any atom is 0.407 e. The predicted octanol–water partition coefficient (Wildman–Crippen LogP) is 2.98. The summed E-state index contributed by atoms with van der Waals surface area (Å²) in [6.45, 7) is 0. The molecule has 0 aromatic rings. The van der Waals surface area contributed by atoms with E-state index < -0.39 is 15.8 Å². The quantitative estimate of drug-likeness (QED) is 0.563. The van der Waals surface area contributed by atoms with E-state index in [9.17, 15) is 17.6 Å². The Morgan fingerprint density at radius 3 is 1.73 bits per heavy atom. The SMILES string of the molecule is COC(F)(Br)C(Br)C(F)(F)F. The van der Waals surface area contributed by atoms with Crippen LogP contribution in [0.5, 0.6) is 0 Å². The van der Waals surface area contributed by atoms with Gasteiger partial charge < -0.3 is 4.74 Å². The van der Waals surface area contributed by atoms with Crippen LogP contribution in [0.1, 0.15) is 0 Å². The lowest BCUT2D eigenvalue weighted by molar-refractivity contribution is -0.176. The fraction of sp³-hybridized carbons (Fsp3) is 1.00. The average Bonchev–Trinajstić information content (AvgIpc) is 1.84. The minimum absolute atomic E-state index is 0.828. The van der Waals surface area contributed by atoms with Crippen LogP contribution in [-0.2, 0) is 4.74 Å². The van der Waals surface area contributed by atoms with Crippen LogP contribution in [-0.4, -0.2) is 22.9 Å². The summed E-state index contributed by atoms with van der Waals surface area (Å²) < 4.78 is 48.8. The smallest absolute Gasteiger partial charge is 0.340 e. The van der Waals surface area contributed by atoms with E-state index in [0.29, 0.717) is 0 Å². The van der Waals surface area contributed by atoms with Crippen molar-refractivity contribution in [2.75, 3.05) is 7.11 Å². The first-order valence-electron chi connectivity index (χ1n) is 2.35. The van der Waals surface area contributed by atoms with Crippen molar-refractivity contribution < 1.29 is 22.3 Å². The van der Waals surface area contributed by atoms with Crippen LogP contribution in [0.2, 0.25) is 0 Å². The summed E-state index contributed by atoms with van der Waals surface area (Å²) in [4.78, 5) is -2.38. The Labute approximate surface area is 77.3 Å². The van der Waals surface area contributed by atoms with Crippen molar-refractivity contribution in [1.82, 2.24) is 0 Å². The van der Waals surface area contributed by atoms with Crippen LogP contribution in [0.25, 0.3) is 0 Å². The van der Waals surface area contributed by atoms with Gasteiger partial charge in [-0.15, -0.1) is 0 Å². The Bertz CT molecular complexity index is 135. The molecule has 0 aliphatic heterocycles. The third kappa shape index (κ3) is 3.25. The highest BCUT2D eigenvalue weighted by atomic mass is 79.9. The molecule has 0 amide bonds. The second kappa shape index (κ2) is 3.57. The van der Waals surface area contributed by atoms with Crippen molar-refractivity contribution >= 4 is 31.9 Å². The Balaban J connectivity index is 4.35. The van der Waals surface area contributed by atoms with Gasteiger partial charge in [0.05, 0.1) is 0 Å². The first-order chi connectivity index (χ1) is 4.72. The van der Waals surface area contributed by atoms with Crippen molar-refractivity contribution in [2.45, 2.75) is 15.8 Å². The molecule has 0 N–H and O–H groups in total. The molecule has 0 saturated carbocycles. The highest BCUT2D eigenvalue weighted by Crippen LogP contribution is 2.40. The van der Waals surface area contributed by atoms with Gasteiger partial charge in [0.2, 0.25) is 0 Å². The van der Waals surface area contributed by atoms with Crippen molar-refractivity contribution in [2.24, 2.45) is 0 Å². The van der Waals surface area contributed by atoms with Crippen LogP contribution in [0, 0.1) is 0 Å². The largest absolute Gasteiger partial charge is 0.407 e. The van der Waals surface area contributed by atoms with Crippen molar-refractivity contribution in [3.05, 3.63) is 0 Å². The van der Waals surface area contributed by atoms with Crippen LogP contribution < -0.4 is 0 Å². The van der Waals surface area contributed by atoms with Gasteiger partial charge in [0.25, 0.3) is 4.76 Å². The third-order valence-corrected chi connectivity index (χ3v) is 3.36. The lowest BCUT2D eigenvalue weighted by Gasteiger charge is -2.23. The molecule has 0 rings (SSSR count). The Morgan fingerprint density at radius 1 is 1.27 bits per heavy atom.